The van der Waals surface area contributed by atoms with Gasteiger partial charge >= 0.3 is 0 Å². The van der Waals surface area contributed by atoms with Gasteiger partial charge in [-0.1, -0.05) is 6.07 Å². The number of aromatic nitrogens is 1. The van der Waals surface area contributed by atoms with Crippen molar-refractivity contribution in [3.63, 3.8) is 0 Å². The van der Waals surface area contributed by atoms with Crippen LogP contribution in [0.15, 0.2) is 42.7 Å². The smallest absolute Gasteiger partial charge is 0.254 e. The first kappa shape index (κ1) is 15.3. The zero-order chi connectivity index (χ0) is 16.2. The molecule has 1 aliphatic rings. The first-order chi connectivity index (χ1) is 11.2. The number of nitrogens with zero attached hydrogens (tertiary/aromatic N) is 2. The zero-order valence-electron chi connectivity index (χ0n) is 13.4. The number of pyridine rings is 1. The van der Waals surface area contributed by atoms with E-state index in [9.17, 15) is 4.79 Å². The largest absolute Gasteiger partial charge is 0.493 e. The Bertz CT molecular complexity index is 684. The molecule has 1 heterocycles. The van der Waals surface area contributed by atoms with Crippen LogP contribution in [0.4, 0.5) is 0 Å². The molecule has 3 rings (SSSR count). The summed E-state index contributed by atoms with van der Waals surface area (Å²) in [5.41, 5.74) is 1.65. The van der Waals surface area contributed by atoms with Crippen molar-refractivity contribution in [2.75, 3.05) is 14.2 Å². The van der Waals surface area contributed by atoms with Gasteiger partial charge in [-0.25, -0.2) is 0 Å². The number of rotatable bonds is 6. The summed E-state index contributed by atoms with van der Waals surface area (Å²) in [7, 11) is 3.15. The predicted molar refractivity (Wildman–Crippen MR) is 86.7 cm³/mol. The summed E-state index contributed by atoms with van der Waals surface area (Å²) in [5.74, 6) is 1.20. The van der Waals surface area contributed by atoms with E-state index in [1.807, 2.05) is 17.0 Å². The average Bonchev–Trinajstić information content (AvgIpc) is 3.44. The van der Waals surface area contributed by atoms with Crippen molar-refractivity contribution in [3.05, 3.63) is 53.9 Å². The second-order valence-corrected chi connectivity index (χ2v) is 5.60. The molecule has 0 spiro atoms. The Morgan fingerprint density at radius 1 is 1.22 bits per heavy atom. The molecule has 5 heteroatoms. The number of benzene rings is 1. The molecule has 1 amide bonds. The molecule has 0 unspecified atom stereocenters. The summed E-state index contributed by atoms with van der Waals surface area (Å²) in [6.45, 7) is 0.575. The molecule has 1 aromatic heterocycles. The van der Waals surface area contributed by atoms with Gasteiger partial charge in [0, 0.05) is 30.5 Å². The molecule has 23 heavy (non-hydrogen) atoms. The van der Waals surface area contributed by atoms with Crippen molar-refractivity contribution in [1.82, 2.24) is 9.88 Å². The number of hydrogen-bond donors (Lipinski definition) is 0. The molecule has 1 saturated carbocycles. The van der Waals surface area contributed by atoms with Crippen LogP contribution < -0.4 is 9.47 Å². The molecule has 1 aliphatic carbocycles. The Morgan fingerprint density at radius 2 is 2.00 bits per heavy atom. The normalized spacial score (nSPS) is 13.5. The Kier molecular flexibility index (Phi) is 4.46. The van der Waals surface area contributed by atoms with E-state index in [1.165, 1.54) is 0 Å². The molecule has 0 saturated heterocycles. The zero-order valence-corrected chi connectivity index (χ0v) is 13.4. The number of hydrogen-bond acceptors (Lipinski definition) is 4. The second kappa shape index (κ2) is 6.69. The van der Waals surface area contributed by atoms with Gasteiger partial charge in [0.1, 0.15) is 0 Å². The molecule has 0 N–H and O–H groups in total. The summed E-state index contributed by atoms with van der Waals surface area (Å²) in [6, 6.07) is 9.48. The van der Waals surface area contributed by atoms with E-state index in [0.717, 1.165) is 18.4 Å². The van der Waals surface area contributed by atoms with Crippen LogP contribution in [-0.2, 0) is 6.54 Å². The number of ether oxygens (including phenoxy) is 2. The lowest BCUT2D eigenvalue weighted by molar-refractivity contribution is 0.0729. The van der Waals surface area contributed by atoms with Gasteiger partial charge < -0.3 is 14.4 Å². The number of methoxy groups -OCH3 is 2. The van der Waals surface area contributed by atoms with Crippen LogP contribution in [0.1, 0.15) is 28.8 Å². The maximum atomic E-state index is 12.9. The molecule has 120 valence electrons. The van der Waals surface area contributed by atoms with Crippen molar-refractivity contribution >= 4 is 5.91 Å². The van der Waals surface area contributed by atoms with Crippen LogP contribution in [-0.4, -0.2) is 36.1 Å². The van der Waals surface area contributed by atoms with E-state index >= 15 is 0 Å². The topological polar surface area (TPSA) is 51.7 Å². The molecule has 0 aliphatic heterocycles. The Hall–Kier alpha value is -2.56. The van der Waals surface area contributed by atoms with Crippen LogP contribution in [0.25, 0.3) is 0 Å². The summed E-state index contributed by atoms with van der Waals surface area (Å²) >= 11 is 0. The number of carbonyl (C=O) groups excluding carboxylic acids is 1. The third kappa shape index (κ3) is 3.44. The number of amides is 1. The highest BCUT2D eigenvalue weighted by molar-refractivity contribution is 5.95. The molecular formula is C18H20N2O3. The van der Waals surface area contributed by atoms with Gasteiger partial charge in [-0.05, 0) is 42.7 Å². The van der Waals surface area contributed by atoms with Crippen LogP contribution in [0.5, 0.6) is 11.5 Å². The van der Waals surface area contributed by atoms with Gasteiger partial charge in [-0.2, -0.15) is 0 Å². The minimum atomic E-state index is 0.0114. The molecule has 1 fully saturated rings. The van der Waals surface area contributed by atoms with E-state index in [0.29, 0.717) is 29.6 Å². The maximum absolute atomic E-state index is 12.9. The monoisotopic (exact) mass is 312 g/mol. The van der Waals surface area contributed by atoms with Gasteiger partial charge in [-0.3, -0.25) is 9.78 Å². The first-order valence-corrected chi connectivity index (χ1v) is 7.65. The highest BCUT2D eigenvalue weighted by Gasteiger charge is 2.33. The lowest BCUT2D eigenvalue weighted by atomic mass is 10.1. The second-order valence-electron chi connectivity index (χ2n) is 5.60. The molecule has 2 aromatic rings. The van der Waals surface area contributed by atoms with Crippen molar-refractivity contribution in [3.8, 4) is 11.5 Å². The van der Waals surface area contributed by atoms with Gasteiger partial charge in [0.25, 0.3) is 5.91 Å². The Labute approximate surface area is 135 Å². The van der Waals surface area contributed by atoms with E-state index in [1.54, 1.807) is 44.8 Å². The van der Waals surface area contributed by atoms with Crippen molar-refractivity contribution < 1.29 is 14.3 Å². The molecule has 0 bridgehead atoms. The van der Waals surface area contributed by atoms with Gasteiger partial charge in [-0.15, -0.1) is 0 Å². The maximum Gasteiger partial charge on any atom is 0.254 e. The minimum absolute atomic E-state index is 0.0114. The van der Waals surface area contributed by atoms with E-state index in [4.69, 9.17) is 9.47 Å². The number of carbonyl (C=O) groups is 1. The highest BCUT2D eigenvalue weighted by atomic mass is 16.5. The molecule has 1 aromatic carbocycles. The average molecular weight is 312 g/mol. The van der Waals surface area contributed by atoms with Crippen LogP contribution >= 0.6 is 0 Å². The standard InChI is InChI=1S/C18H20N2O3/c1-22-16-8-5-14(10-17(16)23-2)18(21)20(15-6-7-15)12-13-4-3-9-19-11-13/h3-5,8-11,15H,6-7,12H2,1-2H3. The van der Waals surface area contributed by atoms with Crippen LogP contribution in [0.3, 0.4) is 0 Å². The van der Waals surface area contributed by atoms with Crippen LogP contribution in [0.2, 0.25) is 0 Å². The summed E-state index contributed by atoms with van der Waals surface area (Å²) in [5, 5.41) is 0. The summed E-state index contributed by atoms with van der Waals surface area (Å²) in [4.78, 5) is 18.9. The molecule has 5 nitrogen and oxygen atoms in total. The third-order valence-corrected chi connectivity index (χ3v) is 3.95. The lowest BCUT2D eigenvalue weighted by Crippen LogP contribution is -2.32. The Morgan fingerprint density at radius 3 is 2.61 bits per heavy atom. The van der Waals surface area contributed by atoms with E-state index in [-0.39, 0.29) is 5.91 Å². The summed E-state index contributed by atoms with van der Waals surface area (Å²) in [6.07, 6.45) is 5.65. The highest BCUT2D eigenvalue weighted by Crippen LogP contribution is 2.32. The third-order valence-electron chi connectivity index (χ3n) is 3.95. The fourth-order valence-electron chi connectivity index (χ4n) is 2.58. The van der Waals surface area contributed by atoms with Crippen LogP contribution in [0, 0.1) is 0 Å². The fourth-order valence-corrected chi connectivity index (χ4v) is 2.58. The molecular weight excluding hydrogens is 292 g/mol. The first-order valence-electron chi connectivity index (χ1n) is 7.65. The SMILES string of the molecule is COc1ccc(C(=O)N(Cc2cccnc2)C2CC2)cc1OC. The lowest BCUT2D eigenvalue weighted by Gasteiger charge is -2.23. The van der Waals surface area contributed by atoms with Crippen molar-refractivity contribution in [2.24, 2.45) is 0 Å². The van der Waals surface area contributed by atoms with Gasteiger partial charge in [0.15, 0.2) is 11.5 Å². The van der Waals surface area contributed by atoms with Crippen molar-refractivity contribution in [1.29, 1.82) is 0 Å². The van der Waals surface area contributed by atoms with Gasteiger partial charge in [0.05, 0.1) is 14.2 Å². The Balaban J connectivity index is 1.84. The predicted octanol–water partition coefficient (Wildman–Crippen LogP) is 2.90. The summed E-state index contributed by atoms with van der Waals surface area (Å²) < 4.78 is 10.5. The quantitative estimate of drug-likeness (QED) is 0.823. The minimum Gasteiger partial charge on any atom is -0.493 e. The van der Waals surface area contributed by atoms with Gasteiger partial charge in [0.2, 0.25) is 0 Å². The van der Waals surface area contributed by atoms with E-state index in [2.05, 4.69) is 4.98 Å². The molecule has 0 radical (unpaired) electrons. The van der Waals surface area contributed by atoms with Crippen molar-refractivity contribution in [2.45, 2.75) is 25.4 Å². The molecule has 0 atom stereocenters. The van der Waals surface area contributed by atoms with E-state index < -0.39 is 0 Å². The fraction of sp³-hybridized carbons (Fsp3) is 0.333.